The van der Waals surface area contributed by atoms with E-state index in [-0.39, 0.29) is 11.6 Å². The van der Waals surface area contributed by atoms with Crippen LogP contribution < -0.4 is 0 Å². The molecule has 1 aromatic rings. The Balaban J connectivity index is 2.35. The number of aryl methyl sites for hydroxylation is 1. The average molecular weight is 224 g/mol. The van der Waals surface area contributed by atoms with Crippen LogP contribution in [-0.2, 0) is 12.8 Å². The highest BCUT2D eigenvalue weighted by molar-refractivity contribution is 5.36. The van der Waals surface area contributed by atoms with Gasteiger partial charge in [0, 0.05) is 0 Å². The van der Waals surface area contributed by atoms with E-state index in [4.69, 9.17) is 0 Å². The first kappa shape index (κ1) is 11.6. The van der Waals surface area contributed by atoms with Crippen molar-refractivity contribution in [1.29, 1.82) is 0 Å². The number of fused-ring (bicyclic) bond motifs is 1. The molecule has 0 fully saturated rings. The minimum Gasteiger partial charge on any atom is -0.207 e. The second kappa shape index (κ2) is 4.52. The fourth-order valence-corrected chi connectivity index (χ4v) is 2.73. The zero-order valence-corrected chi connectivity index (χ0v) is 9.95. The van der Waals surface area contributed by atoms with E-state index in [9.17, 15) is 8.78 Å². The molecule has 0 saturated heterocycles. The monoisotopic (exact) mass is 224 g/mol. The maximum Gasteiger partial charge on any atom is 0.129 e. The highest BCUT2D eigenvalue weighted by Crippen LogP contribution is 2.32. The first-order valence-electron chi connectivity index (χ1n) is 6.09. The molecule has 0 bridgehead atoms. The molecule has 0 aliphatic heterocycles. The molecule has 0 spiro atoms. The van der Waals surface area contributed by atoms with Gasteiger partial charge < -0.3 is 0 Å². The molecule has 1 unspecified atom stereocenters. The zero-order chi connectivity index (χ0) is 11.7. The maximum absolute atomic E-state index is 13.8. The molecule has 1 aliphatic rings. The molecule has 1 atom stereocenters. The van der Waals surface area contributed by atoms with Crippen molar-refractivity contribution < 1.29 is 8.78 Å². The molecule has 0 heterocycles. The van der Waals surface area contributed by atoms with E-state index in [2.05, 4.69) is 6.92 Å². The van der Waals surface area contributed by atoms with Gasteiger partial charge in [0.1, 0.15) is 11.6 Å². The van der Waals surface area contributed by atoms with Gasteiger partial charge in [-0.15, -0.1) is 0 Å². The third-order valence-electron chi connectivity index (χ3n) is 3.60. The van der Waals surface area contributed by atoms with Gasteiger partial charge in [-0.25, -0.2) is 8.78 Å². The van der Waals surface area contributed by atoms with Crippen LogP contribution in [0.2, 0.25) is 0 Å². The molecular formula is C14H18F2. The van der Waals surface area contributed by atoms with Crippen LogP contribution in [0.3, 0.4) is 0 Å². The predicted octanol–water partition coefficient (Wildman–Crippen LogP) is 4.18. The van der Waals surface area contributed by atoms with E-state index in [1.807, 2.05) is 0 Å². The highest BCUT2D eigenvalue weighted by Gasteiger charge is 2.24. The maximum atomic E-state index is 13.8. The Kier molecular flexibility index (Phi) is 3.27. The molecule has 1 aliphatic carbocycles. The van der Waals surface area contributed by atoms with Gasteiger partial charge in [0.25, 0.3) is 0 Å². The number of rotatable bonds is 2. The second-order valence-electron chi connectivity index (χ2n) is 4.84. The molecule has 0 saturated carbocycles. The van der Waals surface area contributed by atoms with Crippen LogP contribution in [0.5, 0.6) is 0 Å². The molecule has 0 N–H and O–H groups in total. The van der Waals surface area contributed by atoms with E-state index >= 15 is 0 Å². The summed E-state index contributed by atoms with van der Waals surface area (Å²) < 4.78 is 27.6. The van der Waals surface area contributed by atoms with Crippen molar-refractivity contribution in [2.75, 3.05) is 0 Å². The van der Waals surface area contributed by atoms with E-state index in [0.717, 1.165) is 19.3 Å². The summed E-state index contributed by atoms with van der Waals surface area (Å²) in [5, 5.41) is 0. The van der Waals surface area contributed by atoms with Crippen LogP contribution in [0, 0.1) is 24.5 Å². The Labute approximate surface area is 95.7 Å². The molecule has 0 nitrogen and oxygen atoms in total. The lowest BCUT2D eigenvalue weighted by atomic mass is 9.80. The zero-order valence-electron chi connectivity index (χ0n) is 9.95. The van der Waals surface area contributed by atoms with Gasteiger partial charge in [-0.3, -0.25) is 0 Å². The largest absolute Gasteiger partial charge is 0.207 e. The van der Waals surface area contributed by atoms with Crippen LogP contribution in [-0.4, -0.2) is 0 Å². The minimum atomic E-state index is -0.213. The van der Waals surface area contributed by atoms with E-state index in [0.29, 0.717) is 35.4 Å². The van der Waals surface area contributed by atoms with Gasteiger partial charge in [-0.2, -0.15) is 0 Å². The molecule has 2 heteroatoms. The van der Waals surface area contributed by atoms with Crippen LogP contribution in [0.15, 0.2) is 6.07 Å². The summed E-state index contributed by atoms with van der Waals surface area (Å²) in [6, 6.07) is 1.34. The van der Waals surface area contributed by atoms with Gasteiger partial charge >= 0.3 is 0 Å². The van der Waals surface area contributed by atoms with Crippen molar-refractivity contribution in [3.8, 4) is 0 Å². The summed E-state index contributed by atoms with van der Waals surface area (Å²) in [5.41, 5.74) is 1.70. The van der Waals surface area contributed by atoms with Gasteiger partial charge in [-0.05, 0) is 54.9 Å². The standard InChI is InChI=1S/C14H18F2/c1-3-4-10-5-6-11-12(8-10)13(15)7-9(2)14(11)16/h7,10H,3-6,8H2,1-2H3. The quantitative estimate of drug-likeness (QED) is 0.707. The minimum absolute atomic E-state index is 0.189. The first-order valence-corrected chi connectivity index (χ1v) is 6.09. The predicted molar refractivity (Wildman–Crippen MR) is 61.5 cm³/mol. The van der Waals surface area contributed by atoms with Crippen molar-refractivity contribution in [3.63, 3.8) is 0 Å². The summed E-state index contributed by atoms with van der Waals surface area (Å²) >= 11 is 0. The summed E-state index contributed by atoms with van der Waals surface area (Å²) in [5.74, 6) is 0.134. The van der Waals surface area contributed by atoms with E-state index in [1.165, 1.54) is 6.07 Å². The fourth-order valence-electron chi connectivity index (χ4n) is 2.73. The Bertz CT molecular complexity index is 396. The van der Waals surface area contributed by atoms with Crippen LogP contribution in [0.25, 0.3) is 0 Å². The van der Waals surface area contributed by atoms with Crippen molar-refractivity contribution in [3.05, 3.63) is 34.4 Å². The first-order chi connectivity index (χ1) is 7.63. The van der Waals surface area contributed by atoms with Gasteiger partial charge in [0.2, 0.25) is 0 Å². The molecule has 16 heavy (non-hydrogen) atoms. The topological polar surface area (TPSA) is 0 Å². The lowest BCUT2D eigenvalue weighted by molar-refractivity contribution is 0.401. The van der Waals surface area contributed by atoms with Gasteiger partial charge in [0.15, 0.2) is 0 Å². The number of halogens is 2. The van der Waals surface area contributed by atoms with E-state index in [1.54, 1.807) is 6.92 Å². The molecule has 0 amide bonds. The Morgan fingerprint density at radius 1 is 1.31 bits per heavy atom. The Hall–Kier alpha value is -0.920. The lowest BCUT2D eigenvalue weighted by Crippen LogP contribution is -2.17. The fraction of sp³-hybridized carbons (Fsp3) is 0.571. The van der Waals surface area contributed by atoms with Crippen molar-refractivity contribution >= 4 is 0 Å². The van der Waals surface area contributed by atoms with Gasteiger partial charge in [-0.1, -0.05) is 19.8 Å². The van der Waals surface area contributed by atoms with Crippen molar-refractivity contribution in [1.82, 2.24) is 0 Å². The summed E-state index contributed by atoms with van der Waals surface area (Å²) in [6.07, 6.45) is 4.65. The normalized spacial score (nSPS) is 19.6. The molecule has 88 valence electrons. The molecule has 2 rings (SSSR count). The van der Waals surface area contributed by atoms with Crippen LogP contribution in [0.1, 0.15) is 42.9 Å². The third kappa shape index (κ3) is 1.98. The van der Waals surface area contributed by atoms with Gasteiger partial charge in [0.05, 0.1) is 0 Å². The number of hydrogen-bond acceptors (Lipinski definition) is 0. The van der Waals surface area contributed by atoms with Crippen LogP contribution in [0.4, 0.5) is 8.78 Å². The second-order valence-corrected chi connectivity index (χ2v) is 4.84. The lowest BCUT2D eigenvalue weighted by Gasteiger charge is -2.25. The Morgan fingerprint density at radius 3 is 2.75 bits per heavy atom. The van der Waals surface area contributed by atoms with Crippen molar-refractivity contribution in [2.45, 2.75) is 46.0 Å². The smallest absolute Gasteiger partial charge is 0.129 e. The van der Waals surface area contributed by atoms with E-state index < -0.39 is 0 Å². The summed E-state index contributed by atoms with van der Waals surface area (Å²) in [6.45, 7) is 3.78. The number of hydrogen-bond donors (Lipinski definition) is 0. The average Bonchev–Trinajstić information content (AvgIpc) is 2.27. The molecule has 0 radical (unpaired) electrons. The molecule has 0 aromatic heterocycles. The van der Waals surface area contributed by atoms with Crippen molar-refractivity contribution in [2.24, 2.45) is 5.92 Å². The SMILES string of the molecule is CCCC1CCc2c(F)c(C)cc(F)c2C1. The summed E-state index contributed by atoms with van der Waals surface area (Å²) in [4.78, 5) is 0. The third-order valence-corrected chi connectivity index (χ3v) is 3.60. The molecular weight excluding hydrogens is 206 g/mol. The number of benzene rings is 1. The summed E-state index contributed by atoms with van der Waals surface area (Å²) in [7, 11) is 0. The highest BCUT2D eigenvalue weighted by atomic mass is 19.1. The van der Waals surface area contributed by atoms with Crippen LogP contribution >= 0.6 is 0 Å². The molecule has 1 aromatic carbocycles. The Morgan fingerprint density at radius 2 is 2.06 bits per heavy atom.